The molecule has 0 aromatic carbocycles. The number of anilines is 3. The van der Waals surface area contributed by atoms with Gasteiger partial charge in [-0.05, 0) is 37.1 Å². The monoisotopic (exact) mass is 406 g/mol. The molecule has 0 spiro atoms. The Labute approximate surface area is 172 Å². The lowest BCUT2D eigenvalue weighted by Crippen LogP contribution is -2.34. The number of nitrogens with one attached hydrogen (secondary N) is 3. The van der Waals surface area contributed by atoms with E-state index in [1.807, 2.05) is 18.2 Å². The summed E-state index contributed by atoms with van der Waals surface area (Å²) in [6.07, 6.45) is 5.30. The Morgan fingerprint density at radius 2 is 1.87 bits per heavy atom. The number of nitrogens with zero attached hydrogens (tertiary/aromatic N) is 5. The third-order valence-corrected chi connectivity index (χ3v) is 4.55. The first-order chi connectivity index (χ1) is 14.7. The van der Waals surface area contributed by atoms with Gasteiger partial charge in [0.1, 0.15) is 18.2 Å². The highest BCUT2D eigenvalue weighted by atomic mass is 16.2. The van der Waals surface area contributed by atoms with Crippen molar-refractivity contribution in [3.8, 4) is 0 Å². The summed E-state index contributed by atoms with van der Waals surface area (Å²) in [7, 11) is 0. The minimum atomic E-state index is -0.249. The molecule has 0 saturated heterocycles. The number of carbonyl (C=O) groups is 1. The molecule has 30 heavy (non-hydrogen) atoms. The van der Waals surface area contributed by atoms with Crippen molar-refractivity contribution in [3.05, 3.63) is 65.0 Å². The van der Waals surface area contributed by atoms with E-state index in [-0.39, 0.29) is 18.0 Å². The van der Waals surface area contributed by atoms with Crippen LogP contribution in [-0.2, 0) is 11.3 Å². The molecule has 10 heteroatoms. The van der Waals surface area contributed by atoms with Gasteiger partial charge in [0.2, 0.25) is 5.91 Å². The van der Waals surface area contributed by atoms with Crippen molar-refractivity contribution in [1.82, 2.24) is 30.0 Å². The second-order valence-corrected chi connectivity index (χ2v) is 6.97. The molecule has 0 aliphatic heterocycles. The topological polar surface area (TPSA) is 127 Å². The zero-order valence-corrected chi connectivity index (χ0v) is 16.3. The fraction of sp³-hybridized carbons (Fsp3) is 0.300. The molecular weight excluding hydrogens is 384 g/mol. The Bertz CT molecular complexity index is 1050. The van der Waals surface area contributed by atoms with E-state index in [1.54, 1.807) is 18.3 Å². The molecule has 1 aliphatic rings. The summed E-state index contributed by atoms with van der Waals surface area (Å²) in [5, 5.41) is 17.1. The molecule has 1 saturated carbocycles. The van der Waals surface area contributed by atoms with E-state index >= 15 is 0 Å². The quantitative estimate of drug-likeness (QED) is 0.454. The van der Waals surface area contributed by atoms with Crippen LogP contribution in [0.5, 0.6) is 0 Å². The molecule has 3 aromatic heterocycles. The molecule has 0 atom stereocenters. The van der Waals surface area contributed by atoms with Crippen molar-refractivity contribution in [2.45, 2.75) is 25.3 Å². The Hall–Kier alpha value is -3.82. The van der Waals surface area contributed by atoms with Crippen molar-refractivity contribution in [1.29, 1.82) is 0 Å². The fourth-order valence-electron chi connectivity index (χ4n) is 2.83. The van der Waals surface area contributed by atoms with Crippen LogP contribution in [0.25, 0.3) is 0 Å². The largest absolute Gasteiger partial charge is 0.367 e. The average molecular weight is 406 g/mol. The van der Waals surface area contributed by atoms with Gasteiger partial charge in [-0.3, -0.25) is 14.2 Å². The summed E-state index contributed by atoms with van der Waals surface area (Å²) in [6, 6.07) is 10.6. The summed E-state index contributed by atoms with van der Waals surface area (Å²) in [5.74, 6) is 2.02. The van der Waals surface area contributed by atoms with Crippen molar-refractivity contribution in [2.75, 3.05) is 23.7 Å². The smallest absolute Gasteiger partial charge is 0.254 e. The first-order valence-electron chi connectivity index (χ1n) is 9.76. The molecule has 1 fully saturated rings. The lowest BCUT2D eigenvalue weighted by molar-refractivity contribution is -0.121. The van der Waals surface area contributed by atoms with Crippen LogP contribution in [0, 0.1) is 0 Å². The number of hydrogen-bond acceptors (Lipinski definition) is 8. The molecule has 1 amide bonds. The Morgan fingerprint density at radius 3 is 2.57 bits per heavy atom. The molecule has 0 unspecified atom stereocenters. The van der Waals surface area contributed by atoms with Crippen LogP contribution in [-0.4, -0.2) is 43.7 Å². The van der Waals surface area contributed by atoms with E-state index in [4.69, 9.17) is 0 Å². The molecule has 154 valence electrons. The molecular formula is C20H22N8O2. The van der Waals surface area contributed by atoms with Crippen LogP contribution in [0.2, 0.25) is 0 Å². The van der Waals surface area contributed by atoms with Gasteiger partial charge in [0.15, 0.2) is 5.82 Å². The van der Waals surface area contributed by atoms with Crippen LogP contribution < -0.4 is 21.5 Å². The van der Waals surface area contributed by atoms with Gasteiger partial charge in [-0.15, -0.1) is 10.2 Å². The standard InChI is InChI=1S/C20H22N8O2/c29-19(12-28-13-24-15(11-20(28)30)14-4-5-14)23-10-9-22-17-6-7-18(27-26-17)25-16-3-1-2-8-21-16/h1-3,6-8,11,13-14H,4-5,9-10,12H2,(H,22,26)(H,23,29)(H,21,25,27). The number of amides is 1. The number of pyridine rings is 1. The van der Waals surface area contributed by atoms with Gasteiger partial charge in [-0.1, -0.05) is 6.07 Å². The van der Waals surface area contributed by atoms with Gasteiger partial charge in [-0.2, -0.15) is 0 Å². The van der Waals surface area contributed by atoms with E-state index < -0.39 is 0 Å². The van der Waals surface area contributed by atoms with Crippen molar-refractivity contribution in [2.24, 2.45) is 0 Å². The van der Waals surface area contributed by atoms with E-state index in [9.17, 15) is 9.59 Å². The number of carbonyl (C=O) groups excluding carboxylic acids is 1. The predicted molar refractivity (Wildman–Crippen MR) is 112 cm³/mol. The van der Waals surface area contributed by atoms with Crippen LogP contribution >= 0.6 is 0 Å². The lowest BCUT2D eigenvalue weighted by atomic mass is 10.3. The second kappa shape index (κ2) is 9.12. The highest BCUT2D eigenvalue weighted by Crippen LogP contribution is 2.38. The van der Waals surface area contributed by atoms with Crippen LogP contribution in [0.1, 0.15) is 24.5 Å². The zero-order valence-electron chi connectivity index (χ0n) is 16.3. The summed E-state index contributed by atoms with van der Waals surface area (Å²) >= 11 is 0. The highest BCUT2D eigenvalue weighted by molar-refractivity contribution is 5.75. The van der Waals surface area contributed by atoms with Gasteiger partial charge in [0.25, 0.3) is 5.56 Å². The SMILES string of the molecule is O=C(Cn1cnc(C2CC2)cc1=O)NCCNc1ccc(Nc2ccccn2)nn1. The van der Waals surface area contributed by atoms with E-state index in [0.717, 1.165) is 18.5 Å². The van der Waals surface area contributed by atoms with Gasteiger partial charge in [0, 0.05) is 31.3 Å². The van der Waals surface area contributed by atoms with Gasteiger partial charge in [0.05, 0.1) is 12.0 Å². The summed E-state index contributed by atoms with van der Waals surface area (Å²) < 4.78 is 1.31. The van der Waals surface area contributed by atoms with E-state index in [1.165, 1.54) is 17.0 Å². The zero-order chi connectivity index (χ0) is 20.8. The average Bonchev–Trinajstić information content (AvgIpc) is 3.60. The van der Waals surface area contributed by atoms with Gasteiger partial charge in [-0.25, -0.2) is 9.97 Å². The minimum Gasteiger partial charge on any atom is -0.367 e. The predicted octanol–water partition coefficient (Wildman–Crippen LogP) is 1.28. The molecule has 4 rings (SSSR count). The molecule has 1 aliphatic carbocycles. The maximum absolute atomic E-state index is 12.1. The fourth-order valence-corrected chi connectivity index (χ4v) is 2.83. The lowest BCUT2D eigenvalue weighted by Gasteiger charge is -2.09. The third kappa shape index (κ3) is 5.37. The molecule has 10 nitrogen and oxygen atoms in total. The minimum absolute atomic E-state index is 0.0511. The summed E-state index contributed by atoms with van der Waals surface area (Å²) in [4.78, 5) is 32.6. The molecule has 0 radical (unpaired) electrons. The summed E-state index contributed by atoms with van der Waals surface area (Å²) in [6.45, 7) is 0.808. The highest BCUT2D eigenvalue weighted by Gasteiger charge is 2.25. The second-order valence-electron chi connectivity index (χ2n) is 6.97. The van der Waals surface area contributed by atoms with Crippen LogP contribution in [0.3, 0.4) is 0 Å². The Balaban J connectivity index is 1.18. The number of aromatic nitrogens is 5. The maximum atomic E-state index is 12.1. The van der Waals surface area contributed by atoms with E-state index in [0.29, 0.717) is 36.5 Å². The number of rotatable bonds is 9. The van der Waals surface area contributed by atoms with Crippen molar-refractivity contribution < 1.29 is 4.79 Å². The van der Waals surface area contributed by atoms with Gasteiger partial charge >= 0.3 is 0 Å². The van der Waals surface area contributed by atoms with Gasteiger partial charge < -0.3 is 16.0 Å². The van der Waals surface area contributed by atoms with Crippen molar-refractivity contribution >= 4 is 23.4 Å². The molecule has 3 aromatic rings. The Morgan fingerprint density at radius 1 is 1.03 bits per heavy atom. The molecule has 3 N–H and O–H groups in total. The van der Waals surface area contributed by atoms with E-state index in [2.05, 4.69) is 36.1 Å². The van der Waals surface area contributed by atoms with Crippen LogP contribution in [0.15, 0.2) is 53.7 Å². The first-order valence-corrected chi connectivity index (χ1v) is 9.76. The van der Waals surface area contributed by atoms with Crippen LogP contribution in [0.4, 0.5) is 17.5 Å². The number of hydrogen-bond donors (Lipinski definition) is 3. The normalized spacial score (nSPS) is 12.9. The first kappa shape index (κ1) is 19.5. The van der Waals surface area contributed by atoms with Crippen molar-refractivity contribution in [3.63, 3.8) is 0 Å². The molecule has 0 bridgehead atoms. The third-order valence-electron chi connectivity index (χ3n) is 4.55. The maximum Gasteiger partial charge on any atom is 0.254 e. The Kier molecular flexibility index (Phi) is 5.93. The summed E-state index contributed by atoms with van der Waals surface area (Å²) in [5.41, 5.74) is 0.623. The molecule has 3 heterocycles.